The van der Waals surface area contributed by atoms with Crippen LogP contribution in [0.4, 0.5) is 4.39 Å². The van der Waals surface area contributed by atoms with E-state index in [0.717, 1.165) is 36.8 Å². The maximum Gasteiger partial charge on any atom is 0.251 e. The molecule has 120 valence electrons. The minimum Gasteiger partial charge on any atom is -0.504 e. The maximum atomic E-state index is 13.5. The Balaban J connectivity index is 1.69. The summed E-state index contributed by atoms with van der Waals surface area (Å²) in [6, 6.07) is 2.28. The van der Waals surface area contributed by atoms with Gasteiger partial charge in [-0.3, -0.25) is 4.79 Å². The van der Waals surface area contributed by atoms with Crippen LogP contribution in [0.1, 0.15) is 29.6 Å². The van der Waals surface area contributed by atoms with Gasteiger partial charge in [-0.15, -0.1) is 0 Å². The predicted octanol–water partition coefficient (Wildman–Crippen LogP) is 2.97. The number of ether oxygens (including phenoxy) is 1. The van der Waals surface area contributed by atoms with E-state index in [1.807, 2.05) is 11.8 Å². The predicted molar refractivity (Wildman–Crippen MR) is 84.2 cm³/mol. The molecule has 4 nitrogen and oxygen atoms in total. The smallest absolute Gasteiger partial charge is 0.251 e. The Morgan fingerprint density at radius 3 is 3.05 bits per heavy atom. The summed E-state index contributed by atoms with van der Waals surface area (Å²) in [6.45, 7) is 0.621. The van der Waals surface area contributed by atoms with E-state index in [9.17, 15) is 14.3 Å². The van der Waals surface area contributed by atoms with E-state index in [0.29, 0.717) is 6.61 Å². The van der Waals surface area contributed by atoms with Crippen molar-refractivity contribution in [2.45, 2.75) is 30.9 Å². The molecule has 2 atom stereocenters. The fraction of sp³-hybridized carbons (Fsp3) is 0.533. The van der Waals surface area contributed by atoms with E-state index in [1.165, 1.54) is 6.07 Å². The van der Waals surface area contributed by atoms with Gasteiger partial charge in [-0.25, -0.2) is 4.39 Å². The van der Waals surface area contributed by atoms with Crippen LogP contribution in [-0.4, -0.2) is 40.8 Å². The van der Waals surface area contributed by atoms with Gasteiger partial charge >= 0.3 is 0 Å². The minimum atomic E-state index is -0.895. The van der Waals surface area contributed by atoms with E-state index >= 15 is 0 Å². The second-order valence-corrected chi connectivity index (χ2v) is 7.30. The third-order valence-electron chi connectivity index (χ3n) is 4.17. The van der Waals surface area contributed by atoms with Gasteiger partial charge < -0.3 is 15.2 Å². The number of aromatic hydroxyl groups is 1. The van der Waals surface area contributed by atoms with Crippen LogP contribution in [0.5, 0.6) is 5.75 Å². The molecule has 2 unspecified atom stereocenters. The molecule has 0 radical (unpaired) electrons. The molecule has 1 aromatic rings. The summed E-state index contributed by atoms with van der Waals surface area (Å²) in [7, 11) is 0. The van der Waals surface area contributed by atoms with Gasteiger partial charge in [-0.05, 0) is 37.1 Å². The summed E-state index contributed by atoms with van der Waals surface area (Å²) in [5.74, 6) is 0.131. The van der Waals surface area contributed by atoms with Crippen molar-refractivity contribution < 1.29 is 19.0 Å². The molecule has 1 spiro atoms. The molecule has 3 rings (SSSR count). The van der Waals surface area contributed by atoms with Crippen molar-refractivity contribution in [2.75, 3.05) is 18.1 Å². The Hall–Kier alpha value is -0.980. The topological polar surface area (TPSA) is 58.6 Å². The van der Waals surface area contributed by atoms with Crippen LogP contribution in [0.2, 0.25) is 5.02 Å². The number of phenols is 1. The molecular weight excluding hydrogens is 329 g/mol. The molecule has 2 N–H and O–H groups in total. The second-order valence-electron chi connectivity index (χ2n) is 5.79. The first-order valence-corrected chi connectivity index (χ1v) is 8.73. The van der Waals surface area contributed by atoms with Crippen molar-refractivity contribution >= 4 is 29.3 Å². The highest BCUT2D eigenvalue weighted by atomic mass is 35.5. The summed E-state index contributed by atoms with van der Waals surface area (Å²) < 4.78 is 19.4. The number of hydrogen-bond donors (Lipinski definition) is 2. The summed E-state index contributed by atoms with van der Waals surface area (Å²) in [5.41, 5.74) is -0.0136. The number of amides is 1. The molecule has 2 saturated heterocycles. The lowest BCUT2D eigenvalue weighted by Crippen LogP contribution is -2.48. The van der Waals surface area contributed by atoms with Crippen LogP contribution in [0.25, 0.3) is 0 Å². The number of phenolic OH excluding ortho intramolecular Hbond substituents is 1. The van der Waals surface area contributed by atoms with E-state index in [2.05, 4.69) is 5.32 Å². The second kappa shape index (κ2) is 6.26. The molecule has 7 heteroatoms. The van der Waals surface area contributed by atoms with Crippen molar-refractivity contribution in [3.05, 3.63) is 28.5 Å². The number of rotatable bonds is 2. The summed E-state index contributed by atoms with van der Waals surface area (Å²) in [6.07, 6.45) is 2.52. The van der Waals surface area contributed by atoms with Crippen molar-refractivity contribution in [2.24, 2.45) is 0 Å². The SMILES string of the molecule is O=C(NC1CCOC2(CCSC2)C1)c1cc(F)c(O)c(Cl)c1. The maximum absolute atomic E-state index is 13.5. The van der Waals surface area contributed by atoms with Crippen molar-refractivity contribution in [3.63, 3.8) is 0 Å². The zero-order valence-corrected chi connectivity index (χ0v) is 13.5. The molecule has 22 heavy (non-hydrogen) atoms. The number of nitrogens with one attached hydrogen (secondary N) is 1. The lowest BCUT2D eigenvalue weighted by molar-refractivity contribution is -0.0688. The van der Waals surface area contributed by atoms with Gasteiger partial charge in [0, 0.05) is 24.0 Å². The van der Waals surface area contributed by atoms with Gasteiger partial charge in [0.15, 0.2) is 11.6 Å². The molecule has 0 aliphatic carbocycles. The van der Waals surface area contributed by atoms with E-state index in [-0.39, 0.29) is 28.1 Å². The normalized spacial score (nSPS) is 28.0. The zero-order valence-electron chi connectivity index (χ0n) is 11.9. The molecule has 1 amide bonds. The first-order chi connectivity index (χ1) is 10.5. The first-order valence-electron chi connectivity index (χ1n) is 7.20. The molecule has 0 aromatic heterocycles. The van der Waals surface area contributed by atoms with Gasteiger partial charge in [-0.1, -0.05) is 11.6 Å². The van der Waals surface area contributed by atoms with Crippen molar-refractivity contribution in [1.29, 1.82) is 0 Å². The highest BCUT2D eigenvalue weighted by molar-refractivity contribution is 7.99. The number of hydrogen-bond acceptors (Lipinski definition) is 4. The standard InChI is InChI=1S/C15H17ClFNO3S/c16-11-5-9(6-12(17)13(11)19)14(20)18-10-1-3-21-15(7-10)2-4-22-8-15/h5-6,10,19H,1-4,7-8H2,(H,18,20). The molecule has 0 saturated carbocycles. The molecule has 2 aliphatic heterocycles. The summed E-state index contributed by atoms with van der Waals surface area (Å²) in [5, 5.41) is 12.1. The third-order valence-corrected chi connectivity index (χ3v) is 5.69. The van der Waals surface area contributed by atoms with Crippen LogP contribution in [0.3, 0.4) is 0 Å². The monoisotopic (exact) mass is 345 g/mol. The number of thioether (sulfide) groups is 1. The van der Waals surface area contributed by atoms with Gasteiger partial charge in [-0.2, -0.15) is 11.8 Å². The largest absolute Gasteiger partial charge is 0.504 e. The van der Waals surface area contributed by atoms with Crippen LogP contribution < -0.4 is 5.32 Å². The van der Waals surface area contributed by atoms with Crippen LogP contribution in [0.15, 0.2) is 12.1 Å². The van der Waals surface area contributed by atoms with E-state index < -0.39 is 11.6 Å². The van der Waals surface area contributed by atoms with Gasteiger partial charge in [0.05, 0.1) is 10.6 Å². The quantitative estimate of drug-likeness (QED) is 0.865. The van der Waals surface area contributed by atoms with Crippen molar-refractivity contribution in [1.82, 2.24) is 5.32 Å². The van der Waals surface area contributed by atoms with Crippen molar-refractivity contribution in [3.8, 4) is 5.75 Å². The Morgan fingerprint density at radius 1 is 1.55 bits per heavy atom. The third kappa shape index (κ3) is 3.19. The first kappa shape index (κ1) is 15.9. The molecular formula is C15H17ClFNO3S. The van der Waals surface area contributed by atoms with Crippen LogP contribution in [-0.2, 0) is 4.74 Å². The zero-order chi connectivity index (χ0) is 15.7. The van der Waals surface area contributed by atoms with E-state index in [4.69, 9.17) is 16.3 Å². The average molecular weight is 346 g/mol. The molecule has 1 aromatic carbocycles. The Bertz CT molecular complexity index is 569. The molecule has 0 bridgehead atoms. The Labute approximate surface area is 137 Å². The highest BCUT2D eigenvalue weighted by Gasteiger charge is 2.40. The molecule has 2 heterocycles. The van der Waals surface area contributed by atoms with Gasteiger partial charge in [0.1, 0.15) is 0 Å². The molecule has 2 fully saturated rings. The van der Waals surface area contributed by atoms with Crippen LogP contribution in [0, 0.1) is 5.82 Å². The Morgan fingerprint density at radius 2 is 2.36 bits per heavy atom. The lowest BCUT2D eigenvalue weighted by atomic mass is 9.89. The Kier molecular flexibility index (Phi) is 4.52. The minimum absolute atomic E-state index is 0.00981. The lowest BCUT2D eigenvalue weighted by Gasteiger charge is -2.38. The van der Waals surface area contributed by atoms with E-state index in [1.54, 1.807) is 0 Å². The summed E-state index contributed by atoms with van der Waals surface area (Å²) in [4.78, 5) is 12.3. The fourth-order valence-corrected chi connectivity index (χ4v) is 4.57. The average Bonchev–Trinajstić information content (AvgIpc) is 2.92. The fourth-order valence-electron chi connectivity index (χ4n) is 2.98. The highest BCUT2D eigenvalue weighted by Crippen LogP contribution is 2.38. The molecule has 2 aliphatic rings. The number of carbonyl (C=O) groups is 1. The number of carbonyl (C=O) groups excluding carboxylic acids is 1. The number of benzene rings is 1. The van der Waals surface area contributed by atoms with Crippen LogP contribution >= 0.6 is 23.4 Å². The number of halogens is 2. The summed E-state index contributed by atoms with van der Waals surface area (Å²) >= 11 is 7.58. The van der Waals surface area contributed by atoms with Gasteiger partial charge in [0.25, 0.3) is 5.91 Å². The van der Waals surface area contributed by atoms with Gasteiger partial charge in [0.2, 0.25) is 0 Å².